The molecule has 0 saturated carbocycles. The van der Waals surface area contributed by atoms with Gasteiger partial charge in [0.25, 0.3) is 11.1 Å². The van der Waals surface area contributed by atoms with Crippen LogP contribution in [0.1, 0.15) is 5.56 Å². The molecule has 15 heavy (non-hydrogen) atoms. The minimum Gasteiger partial charge on any atom is -0.448 e. The highest BCUT2D eigenvalue weighted by atomic mass is 16.4. The Morgan fingerprint density at radius 2 is 2.07 bits per heavy atom. The Morgan fingerprint density at radius 3 is 2.80 bits per heavy atom. The Balaban J connectivity index is 2.45. The molecular formula is C10H7NO4. The number of H-pyrrole nitrogens is 1. The Hall–Kier alpha value is -1.88. The summed E-state index contributed by atoms with van der Waals surface area (Å²) in [5.74, 6) is 0. The van der Waals surface area contributed by atoms with Crippen LogP contribution in [0, 0.1) is 0 Å². The van der Waals surface area contributed by atoms with Gasteiger partial charge in [-0.2, -0.15) is 0 Å². The Labute approximate surface area is 82.6 Å². The molecule has 0 unspecified atom stereocenters. The van der Waals surface area contributed by atoms with Crippen molar-refractivity contribution in [3.63, 3.8) is 0 Å². The average molecular weight is 205 g/mol. The molecule has 76 valence electrons. The Bertz CT molecular complexity index is 724. The van der Waals surface area contributed by atoms with Crippen LogP contribution in [-0.2, 0) is 6.42 Å². The van der Waals surface area contributed by atoms with Crippen LogP contribution in [-0.4, -0.2) is 16.7 Å². The van der Waals surface area contributed by atoms with Crippen LogP contribution in [0.4, 0.5) is 0 Å². The Kier molecular flexibility index (Phi) is 1.45. The highest BCUT2D eigenvalue weighted by Crippen LogP contribution is 2.33. The van der Waals surface area contributed by atoms with Crippen molar-refractivity contribution in [1.82, 2.24) is 4.98 Å². The molecule has 3 aromatic rings. The summed E-state index contributed by atoms with van der Waals surface area (Å²) < 4.78 is 5.16. The summed E-state index contributed by atoms with van der Waals surface area (Å²) in [5, 5.41) is 9.49. The monoisotopic (exact) mass is 205 g/mol. The van der Waals surface area contributed by atoms with Crippen molar-refractivity contribution in [1.29, 1.82) is 0 Å². The lowest BCUT2D eigenvalue weighted by molar-refractivity contribution is 0.300. The van der Waals surface area contributed by atoms with E-state index in [1.54, 1.807) is 6.07 Å². The summed E-state index contributed by atoms with van der Waals surface area (Å²) in [6, 6.07) is 1.61. The van der Waals surface area contributed by atoms with Gasteiger partial charge < -0.3 is 9.52 Å². The molecule has 1 aromatic carbocycles. The van der Waals surface area contributed by atoms with E-state index >= 15 is 0 Å². The fourth-order valence-electron chi connectivity index (χ4n) is 1.83. The number of nitrogens with one attached hydrogen (secondary N) is 1. The maximum Gasteiger partial charge on any atom is 0.262 e. The smallest absolute Gasteiger partial charge is 0.262 e. The molecule has 5 nitrogen and oxygen atoms in total. The molecule has 0 radical (unpaired) electrons. The van der Waals surface area contributed by atoms with Crippen LogP contribution >= 0.6 is 0 Å². The van der Waals surface area contributed by atoms with Gasteiger partial charge in [-0.25, -0.2) is 0 Å². The zero-order valence-corrected chi connectivity index (χ0v) is 7.66. The third kappa shape index (κ3) is 1.01. The van der Waals surface area contributed by atoms with Gasteiger partial charge in [0.1, 0.15) is 0 Å². The summed E-state index contributed by atoms with van der Waals surface area (Å²) in [5.41, 5.74) is 1.09. The van der Waals surface area contributed by atoms with Crippen LogP contribution in [0.15, 0.2) is 20.1 Å². The normalized spacial score (nSPS) is 12.1. The van der Waals surface area contributed by atoms with Crippen molar-refractivity contribution in [3.05, 3.63) is 32.3 Å². The predicted octanol–water partition coefficient (Wildman–Crippen LogP) is 0.0449. The van der Waals surface area contributed by atoms with Gasteiger partial charge in [0.2, 0.25) is 0 Å². The number of hydrogen-bond acceptors (Lipinski definition) is 4. The highest BCUT2D eigenvalue weighted by molar-refractivity contribution is 6.07. The topological polar surface area (TPSA) is 83.3 Å². The van der Waals surface area contributed by atoms with E-state index in [9.17, 15) is 9.59 Å². The van der Waals surface area contributed by atoms with E-state index in [1.807, 2.05) is 0 Å². The zero-order chi connectivity index (χ0) is 10.6. The molecule has 2 N–H and O–H groups in total. The van der Waals surface area contributed by atoms with Crippen LogP contribution in [0.25, 0.3) is 21.9 Å². The number of aliphatic hydroxyl groups excluding tert-OH is 1. The van der Waals surface area contributed by atoms with Gasteiger partial charge in [0.05, 0.1) is 10.8 Å². The molecule has 0 aliphatic heterocycles. The lowest BCUT2D eigenvalue weighted by Crippen LogP contribution is -2.05. The molecular weight excluding hydrogens is 198 g/mol. The quantitative estimate of drug-likeness (QED) is 0.619. The fourth-order valence-corrected chi connectivity index (χ4v) is 1.83. The highest BCUT2D eigenvalue weighted by Gasteiger charge is 2.21. The second-order valence-electron chi connectivity index (χ2n) is 3.48. The van der Waals surface area contributed by atoms with E-state index in [2.05, 4.69) is 4.98 Å². The number of aliphatic hydroxyl groups is 1. The number of fused-ring (bicyclic) bond motifs is 3. The van der Waals surface area contributed by atoms with Gasteiger partial charge in [0.15, 0.2) is 11.2 Å². The lowest BCUT2D eigenvalue weighted by Gasteiger charge is -1.91. The van der Waals surface area contributed by atoms with E-state index in [0.717, 1.165) is 5.56 Å². The van der Waals surface area contributed by atoms with Gasteiger partial charge in [0, 0.05) is 12.2 Å². The first-order valence-electron chi connectivity index (χ1n) is 4.56. The summed E-state index contributed by atoms with van der Waals surface area (Å²) in [6.45, 7) is -0.00977. The molecule has 0 saturated heterocycles. The largest absolute Gasteiger partial charge is 0.448 e. The summed E-state index contributed by atoms with van der Waals surface area (Å²) >= 11 is 0. The number of hydrogen-bond donors (Lipinski definition) is 2. The molecule has 0 fully saturated rings. The van der Waals surface area contributed by atoms with Crippen molar-refractivity contribution in [3.8, 4) is 0 Å². The summed E-state index contributed by atoms with van der Waals surface area (Å²) in [6.07, 6.45) is 0.428. The van der Waals surface area contributed by atoms with Crippen molar-refractivity contribution in [2.45, 2.75) is 6.42 Å². The molecule has 2 aromatic heterocycles. The molecule has 0 bridgehead atoms. The van der Waals surface area contributed by atoms with Crippen LogP contribution in [0.2, 0.25) is 0 Å². The fraction of sp³-hybridized carbons (Fsp3) is 0.200. The number of aromatic nitrogens is 1. The zero-order valence-electron chi connectivity index (χ0n) is 7.66. The van der Waals surface area contributed by atoms with Gasteiger partial charge >= 0.3 is 0 Å². The number of aromatic amines is 1. The average Bonchev–Trinajstić information content (AvgIpc) is 2.92. The minimum absolute atomic E-state index is 0.00977. The standard InChI is InChI=1S/C10H7NO4/c12-2-1-4-3-5-6(8-7(4)15-8)10(14)11-9(5)13/h3,12H,1-2H2,(H,11,13,14). The van der Waals surface area contributed by atoms with E-state index in [-0.39, 0.29) is 6.61 Å². The van der Waals surface area contributed by atoms with Gasteiger partial charge in [-0.1, -0.05) is 0 Å². The second kappa shape index (κ2) is 2.58. The van der Waals surface area contributed by atoms with Crippen LogP contribution < -0.4 is 11.1 Å². The molecule has 0 atom stereocenters. The number of rotatable bonds is 2. The summed E-state index contributed by atoms with van der Waals surface area (Å²) in [4.78, 5) is 24.9. The SMILES string of the molecule is O=c1[nH]c(=O)c2c1cc(CCO)c1oc12. The molecule has 5 heteroatoms. The van der Waals surface area contributed by atoms with Crippen LogP contribution in [0.5, 0.6) is 0 Å². The van der Waals surface area contributed by atoms with Gasteiger partial charge in [-0.05, 0) is 12.5 Å². The van der Waals surface area contributed by atoms with Gasteiger partial charge in [-0.3, -0.25) is 14.6 Å². The lowest BCUT2D eigenvalue weighted by atomic mass is 10.1. The van der Waals surface area contributed by atoms with Crippen molar-refractivity contribution in [2.24, 2.45) is 0 Å². The molecule has 2 heterocycles. The van der Waals surface area contributed by atoms with Crippen molar-refractivity contribution >= 4 is 21.9 Å². The first-order valence-corrected chi connectivity index (χ1v) is 4.56. The van der Waals surface area contributed by atoms with Crippen LogP contribution in [0.3, 0.4) is 0 Å². The molecule has 0 aliphatic carbocycles. The van der Waals surface area contributed by atoms with E-state index < -0.39 is 11.1 Å². The molecule has 0 amide bonds. The molecule has 3 rings (SSSR count). The minimum atomic E-state index is -0.403. The van der Waals surface area contributed by atoms with Crippen molar-refractivity contribution in [2.75, 3.05) is 6.61 Å². The maximum atomic E-state index is 11.4. The number of benzene rings is 1. The van der Waals surface area contributed by atoms with Crippen molar-refractivity contribution < 1.29 is 9.52 Å². The predicted molar refractivity (Wildman–Crippen MR) is 53.8 cm³/mol. The van der Waals surface area contributed by atoms with Gasteiger partial charge in [-0.15, -0.1) is 0 Å². The van der Waals surface area contributed by atoms with E-state index in [0.29, 0.717) is 28.4 Å². The summed E-state index contributed by atoms with van der Waals surface area (Å²) in [7, 11) is 0. The molecule has 0 spiro atoms. The van der Waals surface area contributed by atoms with E-state index in [1.165, 1.54) is 0 Å². The second-order valence-corrected chi connectivity index (χ2v) is 3.48. The molecule has 0 aliphatic rings. The van der Waals surface area contributed by atoms with E-state index in [4.69, 9.17) is 9.52 Å². The first-order chi connectivity index (χ1) is 7.22. The third-order valence-electron chi connectivity index (χ3n) is 2.56. The third-order valence-corrected chi connectivity index (χ3v) is 2.56. The Morgan fingerprint density at radius 1 is 1.27 bits per heavy atom. The first kappa shape index (κ1) is 8.43. The maximum absolute atomic E-state index is 11.4.